The highest BCUT2D eigenvalue weighted by atomic mass is 35.5. The van der Waals surface area contributed by atoms with E-state index in [9.17, 15) is 0 Å². The molecule has 88 valence electrons. The van der Waals surface area contributed by atoms with Gasteiger partial charge < -0.3 is 0 Å². The zero-order valence-corrected chi connectivity index (χ0v) is 11.1. The van der Waals surface area contributed by atoms with Crippen LogP contribution in [0.3, 0.4) is 0 Å². The summed E-state index contributed by atoms with van der Waals surface area (Å²) in [5.74, 6) is 0. The maximum Gasteiger partial charge on any atom is 0.150 e. The molecule has 3 aromatic rings. The van der Waals surface area contributed by atoms with E-state index in [1.807, 2.05) is 32.1 Å². The summed E-state index contributed by atoms with van der Waals surface area (Å²) in [7, 11) is 1.95. The highest BCUT2D eigenvalue weighted by molar-refractivity contribution is 6.37. The number of hydrogen-bond acceptors (Lipinski definition) is 2. The standard InChI is InChI=1S/C12H8BCl2N3/c13-8-6-16-18-11(15)5-10(17-12(8)18)7-3-1-2-4-9(7)14/h1-6H,13H2. The van der Waals surface area contributed by atoms with Crippen LogP contribution in [0.1, 0.15) is 0 Å². The molecule has 0 aliphatic carbocycles. The van der Waals surface area contributed by atoms with Crippen molar-refractivity contribution in [1.29, 1.82) is 0 Å². The van der Waals surface area contributed by atoms with Crippen LogP contribution in [0.25, 0.3) is 16.9 Å². The lowest BCUT2D eigenvalue weighted by Crippen LogP contribution is -2.04. The van der Waals surface area contributed by atoms with Crippen LogP contribution in [-0.2, 0) is 0 Å². The van der Waals surface area contributed by atoms with Crippen molar-refractivity contribution in [3.63, 3.8) is 0 Å². The monoisotopic (exact) mass is 275 g/mol. The van der Waals surface area contributed by atoms with Crippen molar-refractivity contribution >= 4 is 42.2 Å². The molecule has 6 heteroatoms. The van der Waals surface area contributed by atoms with Crippen LogP contribution in [0, 0.1) is 0 Å². The quantitative estimate of drug-likeness (QED) is 0.502. The number of hydrogen-bond donors (Lipinski definition) is 0. The highest BCUT2D eigenvalue weighted by Crippen LogP contribution is 2.27. The normalized spacial score (nSPS) is 11.0. The number of nitrogens with zero attached hydrogens (tertiary/aromatic N) is 3. The van der Waals surface area contributed by atoms with Gasteiger partial charge in [0, 0.05) is 22.8 Å². The van der Waals surface area contributed by atoms with Crippen LogP contribution in [0.15, 0.2) is 36.5 Å². The van der Waals surface area contributed by atoms with Gasteiger partial charge in [-0.25, -0.2) is 9.50 Å². The van der Waals surface area contributed by atoms with Crippen molar-refractivity contribution in [1.82, 2.24) is 14.6 Å². The second kappa shape index (κ2) is 4.30. The largest absolute Gasteiger partial charge is 0.229 e. The van der Waals surface area contributed by atoms with Crippen LogP contribution >= 0.6 is 23.2 Å². The first-order valence-corrected chi connectivity index (χ1v) is 6.18. The molecule has 0 saturated heterocycles. The Labute approximate surface area is 115 Å². The molecular formula is C12H8BCl2N3. The lowest BCUT2D eigenvalue weighted by Gasteiger charge is -2.05. The molecule has 0 aliphatic rings. The molecule has 18 heavy (non-hydrogen) atoms. The predicted octanol–water partition coefficient (Wildman–Crippen LogP) is 1.96. The zero-order valence-electron chi connectivity index (χ0n) is 9.56. The second-order valence-corrected chi connectivity index (χ2v) is 4.80. The third-order valence-corrected chi connectivity index (χ3v) is 3.35. The minimum atomic E-state index is 0.517. The number of fused-ring (bicyclic) bond motifs is 1. The Morgan fingerprint density at radius 2 is 1.94 bits per heavy atom. The fraction of sp³-hybridized carbons (Fsp3) is 0. The molecule has 3 rings (SSSR count). The molecule has 0 bridgehead atoms. The van der Waals surface area contributed by atoms with Gasteiger partial charge in [-0.15, -0.1) is 0 Å². The topological polar surface area (TPSA) is 30.2 Å². The molecule has 0 aliphatic heterocycles. The van der Waals surface area contributed by atoms with E-state index in [2.05, 4.69) is 10.1 Å². The van der Waals surface area contributed by atoms with Gasteiger partial charge in [-0.3, -0.25) is 0 Å². The van der Waals surface area contributed by atoms with Gasteiger partial charge in [0.05, 0.1) is 5.69 Å². The molecule has 0 N–H and O–H groups in total. The van der Waals surface area contributed by atoms with E-state index in [1.165, 1.54) is 0 Å². The molecule has 2 heterocycles. The Morgan fingerprint density at radius 1 is 1.17 bits per heavy atom. The summed E-state index contributed by atoms with van der Waals surface area (Å²) < 4.78 is 1.61. The van der Waals surface area contributed by atoms with Gasteiger partial charge in [0.2, 0.25) is 0 Å². The molecule has 0 fully saturated rings. The molecule has 0 saturated carbocycles. The summed E-state index contributed by atoms with van der Waals surface area (Å²) >= 11 is 12.4. The van der Waals surface area contributed by atoms with Gasteiger partial charge in [-0.2, -0.15) is 5.10 Å². The van der Waals surface area contributed by atoms with Gasteiger partial charge >= 0.3 is 0 Å². The zero-order chi connectivity index (χ0) is 12.7. The predicted molar refractivity (Wildman–Crippen MR) is 76.6 cm³/mol. The third-order valence-electron chi connectivity index (χ3n) is 2.75. The van der Waals surface area contributed by atoms with E-state index in [0.29, 0.717) is 10.2 Å². The Balaban J connectivity index is 2.31. The average molecular weight is 276 g/mol. The number of halogens is 2. The van der Waals surface area contributed by atoms with E-state index >= 15 is 0 Å². The number of aromatic nitrogens is 3. The molecule has 0 atom stereocenters. The Kier molecular flexibility index (Phi) is 2.76. The molecular weight excluding hydrogens is 268 g/mol. The first-order chi connectivity index (χ1) is 8.66. The molecule has 2 aromatic heterocycles. The Bertz CT molecular complexity index is 739. The van der Waals surface area contributed by atoms with Crippen LogP contribution in [0.2, 0.25) is 10.2 Å². The molecule has 1 aromatic carbocycles. The van der Waals surface area contributed by atoms with E-state index in [0.717, 1.165) is 22.4 Å². The minimum Gasteiger partial charge on any atom is -0.229 e. The van der Waals surface area contributed by atoms with Gasteiger partial charge in [0.25, 0.3) is 0 Å². The summed E-state index contributed by atoms with van der Waals surface area (Å²) in [6, 6.07) is 9.33. The summed E-state index contributed by atoms with van der Waals surface area (Å²) in [4.78, 5) is 4.56. The first-order valence-electron chi connectivity index (χ1n) is 5.42. The number of benzene rings is 1. The van der Waals surface area contributed by atoms with Crippen LogP contribution < -0.4 is 5.46 Å². The second-order valence-electron chi connectivity index (χ2n) is 4.01. The highest BCUT2D eigenvalue weighted by Gasteiger charge is 2.10. The minimum absolute atomic E-state index is 0.517. The molecule has 0 spiro atoms. The maximum absolute atomic E-state index is 6.20. The number of rotatable bonds is 1. The smallest absolute Gasteiger partial charge is 0.150 e. The van der Waals surface area contributed by atoms with Crippen LogP contribution in [0.4, 0.5) is 0 Å². The van der Waals surface area contributed by atoms with E-state index < -0.39 is 0 Å². The van der Waals surface area contributed by atoms with Crippen molar-refractivity contribution in [3.05, 3.63) is 46.7 Å². The summed E-state index contributed by atoms with van der Waals surface area (Å²) in [5.41, 5.74) is 3.34. The molecule has 3 nitrogen and oxygen atoms in total. The summed E-state index contributed by atoms with van der Waals surface area (Å²) in [5, 5.41) is 5.34. The first kappa shape index (κ1) is 11.6. The summed E-state index contributed by atoms with van der Waals surface area (Å²) in [6.45, 7) is 0. The third kappa shape index (κ3) is 1.78. The van der Waals surface area contributed by atoms with Crippen molar-refractivity contribution < 1.29 is 0 Å². The maximum atomic E-state index is 6.20. The molecule has 0 unspecified atom stereocenters. The Hall–Kier alpha value is -1.52. The fourth-order valence-electron chi connectivity index (χ4n) is 1.84. The van der Waals surface area contributed by atoms with Crippen molar-refractivity contribution in [2.24, 2.45) is 0 Å². The fourth-order valence-corrected chi connectivity index (χ4v) is 2.30. The average Bonchev–Trinajstić information content (AvgIpc) is 2.72. The van der Waals surface area contributed by atoms with Crippen molar-refractivity contribution in [2.75, 3.05) is 0 Å². The van der Waals surface area contributed by atoms with Crippen molar-refractivity contribution in [3.8, 4) is 11.3 Å². The van der Waals surface area contributed by atoms with E-state index in [1.54, 1.807) is 16.8 Å². The van der Waals surface area contributed by atoms with Gasteiger partial charge in [0.15, 0.2) is 5.65 Å². The Morgan fingerprint density at radius 3 is 2.72 bits per heavy atom. The lowest BCUT2D eigenvalue weighted by atomic mass is 10.0. The van der Waals surface area contributed by atoms with Crippen molar-refractivity contribution in [2.45, 2.75) is 0 Å². The summed E-state index contributed by atoms with van der Waals surface area (Å²) in [6.07, 6.45) is 1.74. The molecule has 0 radical (unpaired) electrons. The lowest BCUT2D eigenvalue weighted by molar-refractivity contribution is 0.942. The van der Waals surface area contributed by atoms with Crippen LogP contribution in [0.5, 0.6) is 0 Å². The van der Waals surface area contributed by atoms with Gasteiger partial charge in [-0.1, -0.05) is 41.4 Å². The van der Waals surface area contributed by atoms with Crippen LogP contribution in [-0.4, -0.2) is 22.4 Å². The SMILES string of the molecule is Bc1cnn2c(Cl)cc(-c3ccccc3Cl)nc12. The van der Waals surface area contributed by atoms with Gasteiger partial charge in [0.1, 0.15) is 13.0 Å². The van der Waals surface area contributed by atoms with E-state index in [4.69, 9.17) is 23.2 Å². The molecule has 0 amide bonds. The van der Waals surface area contributed by atoms with E-state index in [-0.39, 0.29) is 0 Å². The van der Waals surface area contributed by atoms with Gasteiger partial charge in [-0.05, 0) is 11.5 Å².